The molecular formula is C23H25FN6O5S. The number of hydrogen-bond donors (Lipinski definition) is 1. The molecule has 2 atom stereocenters. The number of aromatic nitrogens is 6. The van der Waals surface area contributed by atoms with Crippen LogP contribution in [0.1, 0.15) is 24.5 Å². The Labute approximate surface area is 207 Å². The molecule has 0 bridgehead atoms. The summed E-state index contributed by atoms with van der Waals surface area (Å²) in [5.74, 6) is -0.0425. The summed E-state index contributed by atoms with van der Waals surface area (Å²) in [5.41, 5.74) is 0.881. The number of aryl methyl sites for hydroxylation is 1. The van der Waals surface area contributed by atoms with Crippen LogP contribution in [0, 0.1) is 5.82 Å². The van der Waals surface area contributed by atoms with E-state index in [9.17, 15) is 17.9 Å². The maximum Gasteiger partial charge on any atom is 0.189 e. The van der Waals surface area contributed by atoms with Crippen molar-refractivity contribution >= 4 is 9.84 Å². The highest BCUT2D eigenvalue weighted by Gasteiger charge is 2.33. The van der Waals surface area contributed by atoms with Crippen molar-refractivity contribution in [2.75, 3.05) is 14.2 Å². The number of benzene rings is 1. The molecule has 0 aliphatic carbocycles. The van der Waals surface area contributed by atoms with Crippen LogP contribution in [0.3, 0.4) is 0 Å². The van der Waals surface area contributed by atoms with Gasteiger partial charge in [0.2, 0.25) is 0 Å². The summed E-state index contributed by atoms with van der Waals surface area (Å²) in [6.45, 7) is 1.36. The van der Waals surface area contributed by atoms with E-state index in [2.05, 4.69) is 20.3 Å². The Balaban J connectivity index is 1.81. The number of nitrogens with zero attached hydrogens (tertiary/aromatic N) is 6. The number of halogens is 1. The van der Waals surface area contributed by atoms with E-state index in [4.69, 9.17) is 9.47 Å². The number of ether oxygens (including phenoxy) is 2. The zero-order chi connectivity index (χ0) is 26.0. The molecule has 3 aromatic heterocycles. The average Bonchev–Trinajstić information content (AvgIpc) is 3.48. The van der Waals surface area contributed by atoms with E-state index < -0.39 is 32.8 Å². The van der Waals surface area contributed by atoms with Gasteiger partial charge in [0.05, 0.1) is 31.4 Å². The number of para-hydroxylation sites is 1. The first kappa shape index (κ1) is 25.3. The molecule has 11 nitrogen and oxygen atoms in total. The lowest BCUT2D eigenvalue weighted by molar-refractivity contribution is 0.171. The fourth-order valence-corrected chi connectivity index (χ4v) is 5.05. The Morgan fingerprint density at radius 3 is 2.33 bits per heavy atom. The number of methoxy groups -OCH3 is 2. The van der Waals surface area contributed by atoms with Gasteiger partial charge < -0.3 is 14.6 Å². The second-order valence-corrected chi connectivity index (χ2v) is 10.4. The highest BCUT2D eigenvalue weighted by molar-refractivity contribution is 7.91. The van der Waals surface area contributed by atoms with Crippen LogP contribution >= 0.6 is 0 Å². The van der Waals surface area contributed by atoms with Gasteiger partial charge in [-0.2, -0.15) is 5.10 Å². The molecule has 0 spiro atoms. The number of rotatable bonds is 9. The first-order chi connectivity index (χ1) is 17.2. The summed E-state index contributed by atoms with van der Waals surface area (Å²) >= 11 is 0. The first-order valence-electron chi connectivity index (χ1n) is 10.8. The minimum atomic E-state index is -4.02. The van der Waals surface area contributed by atoms with Crippen LogP contribution < -0.4 is 9.47 Å². The molecule has 3 heterocycles. The van der Waals surface area contributed by atoms with Crippen molar-refractivity contribution in [1.29, 1.82) is 0 Å². The third-order valence-corrected chi connectivity index (χ3v) is 7.74. The van der Waals surface area contributed by atoms with Crippen LogP contribution in [0.15, 0.2) is 48.8 Å². The Hall–Kier alpha value is -3.84. The van der Waals surface area contributed by atoms with Crippen LogP contribution in [0.25, 0.3) is 17.2 Å². The zero-order valence-corrected chi connectivity index (χ0v) is 20.8. The minimum Gasteiger partial charge on any atom is -0.494 e. The summed E-state index contributed by atoms with van der Waals surface area (Å²) in [4.78, 5) is 3.81. The van der Waals surface area contributed by atoms with E-state index in [0.717, 1.165) is 12.3 Å². The van der Waals surface area contributed by atoms with Gasteiger partial charge in [-0.3, -0.25) is 14.2 Å². The standard InChI is InChI=1S/C23H25FN6O5S/c1-14(22(31)16-9-8-15(24)12-25-16)36(32,33)13-20-26-27-23(17-10-11-29(2)28-17)30(20)21-18(34-3)6-5-7-19(21)35-4/h5-12,14,22,31H,13H2,1-4H3/t14-,22-/m0/s1. The highest BCUT2D eigenvalue weighted by Crippen LogP contribution is 2.36. The third kappa shape index (κ3) is 4.79. The molecule has 4 aromatic rings. The molecule has 13 heteroatoms. The average molecular weight is 517 g/mol. The fourth-order valence-electron chi connectivity index (χ4n) is 3.71. The van der Waals surface area contributed by atoms with Crippen molar-refractivity contribution in [3.05, 3.63) is 66.1 Å². The lowest BCUT2D eigenvalue weighted by atomic mass is 10.2. The summed E-state index contributed by atoms with van der Waals surface area (Å²) in [5, 5.41) is 22.2. The molecule has 0 unspecified atom stereocenters. The molecule has 190 valence electrons. The number of hydrogen-bond acceptors (Lipinski definition) is 9. The molecule has 0 amide bonds. The van der Waals surface area contributed by atoms with Crippen molar-refractivity contribution in [1.82, 2.24) is 29.5 Å². The highest BCUT2D eigenvalue weighted by atomic mass is 32.2. The molecule has 1 aromatic carbocycles. The molecule has 36 heavy (non-hydrogen) atoms. The maximum atomic E-state index is 13.4. The topological polar surface area (TPSA) is 134 Å². The molecular weight excluding hydrogens is 491 g/mol. The largest absolute Gasteiger partial charge is 0.494 e. The molecule has 0 radical (unpaired) electrons. The van der Waals surface area contributed by atoms with Gasteiger partial charge in [0.1, 0.15) is 40.6 Å². The predicted octanol–water partition coefficient (Wildman–Crippen LogP) is 2.26. The zero-order valence-electron chi connectivity index (χ0n) is 20.0. The lowest BCUT2D eigenvalue weighted by Gasteiger charge is -2.20. The van der Waals surface area contributed by atoms with Gasteiger partial charge in [0, 0.05) is 13.2 Å². The smallest absolute Gasteiger partial charge is 0.189 e. The Bertz CT molecular complexity index is 1450. The number of pyridine rings is 1. The second-order valence-electron chi connectivity index (χ2n) is 8.02. The molecule has 1 N–H and O–H groups in total. The normalized spacial score (nSPS) is 13.4. The van der Waals surface area contributed by atoms with Crippen molar-refractivity contribution in [3.8, 4) is 28.7 Å². The maximum absolute atomic E-state index is 13.4. The number of aliphatic hydroxyl groups is 1. The Morgan fingerprint density at radius 1 is 1.08 bits per heavy atom. The molecule has 0 saturated heterocycles. The summed E-state index contributed by atoms with van der Waals surface area (Å²) in [6, 6.07) is 9.20. The molecule has 0 fully saturated rings. The van der Waals surface area contributed by atoms with Crippen molar-refractivity contribution in [3.63, 3.8) is 0 Å². The van der Waals surface area contributed by atoms with Crippen LogP contribution in [-0.4, -0.2) is 62.5 Å². The van der Waals surface area contributed by atoms with E-state index in [1.54, 1.807) is 42.2 Å². The SMILES string of the molecule is COc1cccc(OC)c1-n1c(CS(=O)(=O)[C@@H](C)[C@H](O)c2ccc(F)cn2)nnc1-c1ccn(C)n1. The van der Waals surface area contributed by atoms with Gasteiger partial charge in [-0.1, -0.05) is 6.07 Å². The first-order valence-corrected chi connectivity index (χ1v) is 12.5. The number of sulfone groups is 1. The lowest BCUT2D eigenvalue weighted by Crippen LogP contribution is -2.28. The summed E-state index contributed by atoms with van der Waals surface area (Å²) in [7, 11) is 0.683. The molecule has 0 aliphatic rings. The second kappa shape index (κ2) is 10.0. The van der Waals surface area contributed by atoms with E-state index in [1.165, 1.54) is 31.8 Å². The van der Waals surface area contributed by atoms with Gasteiger partial charge in [-0.05, 0) is 37.3 Å². The fraction of sp³-hybridized carbons (Fsp3) is 0.304. The Morgan fingerprint density at radius 2 is 1.78 bits per heavy atom. The van der Waals surface area contributed by atoms with E-state index >= 15 is 0 Å². The van der Waals surface area contributed by atoms with Crippen LogP contribution in [0.4, 0.5) is 4.39 Å². The quantitative estimate of drug-likeness (QED) is 0.355. The van der Waals surface area contributed by atoms with Gasteiger partial charge in [0.25, 0.3) is 0 Å². The predicted molar refractivity (Wildman–Crippen MR) is 128 cm³/mol. The van der Waals surface area contributed by atoms with Crippen LogP contribution in [0.5, 0.6) is 11.5 Å². The molecule has 0 aliphatic heterocycles. The van der Waals surface area contributed by atoms with Gasteiger partial charge in [-0.25, -0.2) is 12.8 Å². The third-order valence-electron chi connectivity index (χ3n) is 5.69. The minimum absolute atomic E-state index is 0.0366. The van der Waals surface area contributed by atoms with Gasteiger partial charge in [0.15, 0.2) is 21.5 Å². The van der Waals surface area contributed by atoms with Crippen molar-refractivity contribution < 1.29 is 27.4 Å². The van der Waals surface area contributed by atoms with Crippen molar-refractivity contribution in [2.45, 2.75) is 24.0 Å². The van der Waals surface area contributed by atoms with Gasteiger partial charge >= 0.3 is 0 Å². The van der Waals surface area contributed by atoms with E-state index in [-0.39, 0.29) is 17.3 Å². The van der Waals surface area contributed by atoms with Crippen LogP contribution in [-0.2, 0) is 22.6 Å². The number of aliphatic hydroxyl groups excluding tert-OH is 1. The monoisotopic (exact) mass is 516 g/mol. The summed E-state index contributed by atoms with van der Waals surface area (Å²) in [6.07, 6.45) is 1.16. The summed E-state index contributed by atoms with van der Waals surface area (Å²) < 4.78 is 54.2. The molecule has 4 rings (SSSR count). The van der Waals surface area contributed by atoms with Crippen LogP contribution in [0.2, 0.25) is 0 Å². The van der Waals surface area contributed by atoms with Gasteiger partial charge in [-0.15, -0.1) is 10.2 Å². The Kier molecular flexibility index (Phi) is 7.04. The van der Waals surface area contributed by atoms with E-state index in [0.29, 0.717) is 22.9 Å². The molecule has 0 saturated carbocycles. The van der Waals surface area contributed by atoms with Crippen molar-refractivity contribution in [2.24, 2.45) is 7.05 Å². The van der Waals surface area contributed by atoms with E-state index in [1.807, 2.05) is 0 Å².